The van der Waals surface area contributed by atoms with E-state index in [9.17, 15) is 4.79 Å². The Morgan fingerprint density at radius 3 is 2.44 bits per heavy atom. The fourth-order valence-corrected chi connectivity index (χ4v) is 1.50. The van der Waals surface area contributed by atoms with Gasteiger partial charge in [-0.25, -0.2) is 0 Å². The summed E-state index contributed by atoms with van der Waals surface area (Å²) >= 11 is 0. The molecule has 16 heavy (non-hydrogen) atoms. The standard InChI is InChI=1S/C12H27N3O/c1-3-5-8-14-12(16)11-15(10-7-13)9-6-4-2/h3-11,13H2,1-2H3,(H,14,16). The van der Waals surface area contributed by atoms with Crippen LogP contribution in [0, 0.1) is 0 Å². The van der Waals surface area contributed by atoms with Crippen molar-refractivity contribution in [3.63, 3.8) is 0 Å². The summed E-state index contributed by atoms with van der Waals surface area (Å²) < 4.78 is 0. The van der Waals surface area contributed by atoms with Crippen LogP contribution in [-0.2, 0) is 4.79 Å². The molecule has 0 aromatic rings. The fraction of sp³-hybridized carbons (Fsp3) is 0.917. The van der Waals surface area contributed by atoms with Gasteiger partial charge in [0.2, 0.25) is 5.91 Å². The highest BCUT2D eigenvalue weighted by Crippen LogP contribution is 1.94. The van der Waals surface area contributed by atoms with E-state index in [0.717, 1.165) is 45.3 Å². The van der Waals surface area contributed by atoms with Gasteiger partial charge in [0.1, 0.15) is 0 Å². The fourth-order valence-electron chi connectivity index (χ4n) is 1.50. The molecule has 0 rings (SSSR count). The van der Waals surface area contributed by atoms with Crippen LogP contribution < -0.4 is 11.1 Å². The maximum atomic E-state index is 11.6. The van der Waals surface area contributed by atoms with Gasteiger partial charge in [-0.05, 0) is 19.4 Å². The van der Waals surface area contributed by atoms with Crippen LogP contribution in [0.1, 0.15) is 39.5 Å². The SMILES string of the molecule is CCCCNC(=O)CN(CCN)CCCC. The molecule has 3 N–H and O–H groups in total. The van der Waals surface area contributed by atoms with Gasteiger partial charge in [-0.3, -0.25) is 9.69 Å². The minimum atomic E-state index is 0.123. The van der Waals surface area contributed by atoms with Crippen LogP contribution >= 0.6 is 0 Å². The lowest BCUT2D eigenvalue weighted by Gasteiger charge is -2.20. The zero-order valence-corrected chi connectivity index (χ0v) is 10.8. The normalized spacial score (nSPS) is 10.8. The second-order valence-electron chi connectivity index (χ2n) is 4.12. The molecule has 0 saturated heterocycles. The number of hydrogen-bond donors (Lipinski definition) is 2. The van der Waals surface area contributed by atoms with Crippen molar-refractivity contribution in [1.29, 1.82) is 0 Å². The molecule has 0 aromatic heterocycles. The van der Waals surface area contributed by atoms with E-state index in [1.165, 1.54) is 0 Å². The number of unbranched alkanes of at least 4 members (excludes halogenated alkanes) is 2. The summed E-state index contributed by atoms with van der Waals surface area (Å²) in [5.41, 5.74) is 5.53. The van der Waals surface area contributed by atoms with Crippen LogP contribution in [0.15, 0.2) is 0 Å². The number of rotatable bonds is 10. The molecule has 1 amide bonds. The van der Waals surface area contributed by atoms with Crippen molar-refractivity contribution >= 4 is 5.91 Å². The van der Waals surface area contributed by atoms with Crippen molar-refractivity contribution < 1.29 is 4.79 Å². The average molecular weight is 229 g/mol. The molecule has 0 aliphatic rings. The number of nitrogens with two attached hydrogens (primary N) is 1. The number of amides is 1. The monoisotopic (exact) mass is 229 g/mol. The third kappa shape index (κ3) is 8.68. The summed E-state index contributed by atoms with van der Waals surface area (Å²) in [5.74, 6) is 0.123. The zero-order chi connectivity index (χ0) is 12.2. The first-order valence-electron chi connectivity index (χ1n) is 6.43. The van der Waals surface area contributed by atoms with E-state index < -0.39 is 0 Å². The van der Waals surface area contributed by atoms with Crippen LogP contribution in [0.3, 0.4) is 0 Å². The van der Waals surface area contributed by atoms with Gasteiger partial charge in [0.05, 0.1) is 6.54 Å². The molecule has 0 bridgehead atoms. The molecule has 0 aliphatic carbocycles. The Hall–Kier alpha value is -0.610. The van der Waals surface area contributed by atoms with Gasteiger partial charge in [-0.15, -0.1) is 0 Å². The van der Waals surface area contributed by atoms with E-state index >= 15 is 0 Å². The molecule has 0 aliphatic heterocycles. The van der Waals surface area contributed by atoms with Crippen LogP contribution in [0.4, 0.5) is 0 Å². The lowest BCUT2D eigenvalue weighted by molar-refractivity contribution is -0.122. The molecule has 0 saturated carbocycles. The van der Waals surface area contributed by atoms with Gasteiger partial charge < -0.3 is 11.1 Å². The van der Waals surface area contributed by atoms with Crippen LogP contribution in [0.5, 0.6) is 0 Å². The molecule has 0 atom stereocenters. The molecule has 0 radical (unpaired) electrons. The second kappa shape index (κ2) is 10.9. The Balaban J connectivity index is 3.73. The van der Waals surface area contributed by atoms with E-state index in [1.807, 2.05) is 0 Å². The Labute approximate surface area is 99.6 Å². The van der Waals surface area contributed by atoms with Crippen molar-refractivity contribution in [3.05, 3.63) is 0 Å². The van der Waals surface area contributed by atoms with E-state index in [-0.39, 0.29) is 5.91 Å². The van der Waals surface area contributed by atoms with Gasteiger partial charge in [0, 0.05) is 19.6 Å². The predicted octanol–water partition coefficient (Wildman–Crippen LogP) is 0.964. The molecule has 0 fully saturated rings. The Bertz CT molecular complexity index is 174. The van der Waals surface area contributed by atoms with E-state index in [1.54, 1.807) is 0 Å². The maximum absolute atomic E-state index is 11.6. The number of nitrogens with one attached hydrogen (secondary N) is 1. The quantitative estimate of drug-likeness (QED) is 0.549. The van der Waals surface area contributed by atoms with Crippen molar-refractivity contribution in [2.24, 2.45) is 5.73 Å². The van der Waals surface area contributed by atoms with Gasteiger partial charge in [0.15, 0.2) is 0 Å². The van der Waals surface area contributed by atoms with Crippen molar-refractivity contribution in [2.75, 3.05) is 32.7 Å². The third-order valence-corrected chi connectivity index (χ3v) is 2.49. The highest BCUT2D eigenvalue weighted by atomic mass is 16.2. The molecular formula is C12H27N3O. The number of nitrogens with zero attached hydrogens (tertiary/aromatic N) is 1. The van der Waals surface area contributed by atoms with Crippen molar-refractivity contribution in [1.82, 2.24) is 10.2 Å². The molecule has 0 heterocycles. The minimum Gasteiger partial charge on any atom is -0.355 e. The van der Waals surface area contributed by atoms with E-state index in [0.29, 0.717) is 13.1 Å². The first-order chi connectivity index (χ1) is 7.74. The Kier molecular flexibility index (Phi) is 10.5. The molecule has 0 unspecified atom stereocenters. The summed E-state index contributed by atoms with van der Waals surface area (Å²) in [5, 5.41) is 2.93. The number of hydrogen-bond acceptors (Lipinski definition) is 3. The predicted molar refractivity (Wildman–Crippen MR) is 68.3 cm³/mol. The van der Waals surface area contributed by atoms with E-state index in [2.05, 4.69) is 24.1 Å². The zero-order valence-electron chi connectivity index (χ0n) is 10.8. The van der Waals surface area contributed by atoms with Gasteiger partial charge in [-0.1, -0.05) is 26.7 Å². The smallest absolute Gasteiger partial charge is 0.234 e. The summed E-state index contributed by atoms with van der Waals surface area (Å²) in [7, 11) is 0. The summed E-state index contributed by atoms with van der Waals surface area (Å²) in [4.78, 5) is 13.7. The van der Waals surface area contributed by atoms with Gasteiger partial charge in [-0.2, -0.15) is 0 Å². The summed E-state index contributed by atoms with van der Waals surface area (Å²) in [6, 6.07) is 0. The molecular weight excluding hydrogens is 202 g/mol. The summed E-state index contributed by atoms with van der Waals surface area (Å²) in [6.45, 7) is 7.94. The van der Waals surface area contributed by atoms with Crippen molar-refractivity contribution in [3.8, 4) is 0 Å². The first-order valence-corrected chi connectivity index (χ1v) is 6.43. The highest BCUT2D eigenvalue weighted by molar-refractivity contribution is 5.77. The lowest BCUT2D eigenvalue weighted by Crippen LogP contribution is -2.40. The van der Waals surface area contributed by atoms with Gasteiger partial charge >= 0.3 is 0 Å². The average Bonchev–Trinajstić information content (AvgIpc) is 2.26. The molecule has 96 valence electrons. The van der Waals surface area contributed by atoms with Gasteiger partial charge in [0.25, 0.3) is 0 Å². The molecule has 0 spiro atoms. The highest BCUT2D eigenvalue weighted by Gasteiger charge is 2.08. The van der Waals surface area contributed by atoms with E-state index in [4.69, 9.17) is 5.73 Å². The number of carbonyl (C=O) groups is 1. The van der Waals surface area contributed by atoms with Crippen LogP contribution in [0.25, 0.3) is 0 Å². The van der Waals surface area contributed by atoms with Crippen LogP contribution in [0.2, 0.25) is 0 Å². The summed E-state index contributed by atoms with van der Waals surface area (Å²) in [6.07, 6.45) is 4.45. The third-order valence-electron chi connectivity index (χ3n) is 2.49. The molecule has 0 aromatic carbocycles. The van der Waals surface area contributed by atoms with Crippen LogP contribution in [-0.4, -0.2) is 43.5 Å². The second-order valence-corrected chi connectivity index (χ2v) is 4.12. The first kappa shape index (κ1) is 15.4. The molecule has 4 nitrogen and oxygen atoms in total. The minimum absolute atomic E-state index is 0.123. The topological polar surface area (TPSA) is 58.4 Å². The van der Waals surface area contributed by atoms with Crippen molar-refractivity contribution in [2.45, 2.75) is 39.5 Å². The molecule has 4 heteroatoms. The lowest BCUT2D eigenvalue weighted by atomic mass is 10.3. The Morgan fingerprint density at radius 1 is 1.19 bits per heavy atom. The maximum Gasteiger partial charge on any atom is 0.234 e. The Morgan fingerprint density at radius 2 is 1.88 bits per heavy atom. The number of carbonyl (C=O) groups excluding carboxylic acids is 1. The largest absolute Gasteiger partial charge is 0.355 e.